The number of benzene rings is 1. The zero-order valence-electron chi connectivity index (χ0n) is 14.0. The van der Waals surface area contributed by atoms with Crippen molar-refractivity contribution in [2.45, 2.75) is 45.6 Å². The molecule has 0 spiro atoms. The Balaban J connectivity index is 1.57. The maximum atomic E-state index is 12.2. The van der Waals surface area contributed by atoms with Crippen molar-refractivity contribution in [3.8, 4) is 0 Å². The molecule has 1 unspecified atom stereocenters. The summed E-state index contributed by atoms with van der Waals surface area (Å²) >= 11 is 0. The van der Waals surface area contributed by atoms with Crippen LogP contribution >= 0.6 is 0 Å². The lowest BCUT2D eigenvalue weighted by atomic mass is 9.93. The molecule has 2 heterocycles. The zero-order valence-corrected chi connectivity index (χ0v) is 14.0. The fraction of sp³-hybridized carbons (Fsp3) is 0.526. The molecule has 1 amide bonds. The summed E-state index contributed by atoms with van der Waals surface area (Å²) < 4.78 is 5.93. The maximum absolute atomic E-state index is 12.2. The van der Waals surface area contributed by atoms with Crippen LogP contribution < -0.4 is 10.6 Å². The van der Waals surface area contributed by atoms with Gasteiger partial charge in [-0.25, -0.2) is 0 Å². The van der Waals surface area contributed by atoms with Crippen LogP contribution in [-0.2, 0) is 4.79 Å². The van der Waals surface area contributed by atoms with E-state index in [1.165, 1.54) is 12.8 Å². The number of carbonyl (C=O) groups is 1. The minimum atomic E-state index is -0.0945. The zero-order chi connectivity index (χ0) is 16.2. The number of furan rings is 1. The molecule has 0 aliphatic carbocycles. The summed E-state index contributed by atoms with van der Waals surface area (Å²) in [6, 6.07) is 7.91. The Morgan fingerprint density at radius 3 is 2.83 bits per heavy atom. The van der Waals surface area contributed by atoms with Crippen molar-refractivity contribution in [2.24, 2.45) is 5.92 Å². The number of aryl methyl sites for hydroxylation is 1. The van der Waals surface area contributed by atoms with E-state index in [9.17, 15) is 4.79 Å². The summed E-state index contributed by atoms with van der Waals surface area (Å²) in [4.78, 5) is 12.2. The molecule has 124 valence electrons. The van der Waals surface area contributed by atoms with Crippen molar-refractivity contribution in [3.63, 3.8) is 0 Å². The Kier molecular flexibility index (Phi) is 5.01. The summed E-state index contributed by atoms with van der Waals surface area (Å²) in [7, 11) is 0. The number of amides is 1. The number of hydrogen-bond acceptors (Lipinski definition) is 3. The lowest BCUT2D eigenvalue weighted by Crippen LogP contribution is -2.30. The van der Waals surface area contributed by atoms with Gasteiger partial charge in [0.2, 0.25) is 5.91 Å². The Morgan fingerprint density at radius 2 is 2.09 bits per heavy atom. The maximum Gasteiger partial charge on any atom is 0.220 e. The summed E-state index contributed by atoms with van der Waals surface area (Å²) in [6.07, 6.45) is 3.96. The number of piperidine rings is 1. The number of rotatable bonds is 5. The standard InChI is InChI=1S/C19H26N2O2/c1-13-16-5-3-4-6-17(16)23-19(13)14(2)21-18(22)8-7-15-9-11-20-12-10-15/h3-6,14-15,20H,7-12H2,1-2H3,(H,21,22). The molecule has 1 atom stereocenters. The average molecular weight is 314 g/mol. The van der Waals surface area contributed by atoms with Crippen LogP contribution in [0.3, 0.4) is 0 Å². The molecule has 0 saturated carbocycles. The van der Waals surface area contributed by atoms with Gasteiger partial charge in [0.15, 0.2) is 0 Å². The number of nitrogens with one attached hydrogen (secondary N) is 2. The molecular weight excluding hydrogens is 288 g/mol. The minimum Gasteiger partial charge on any atom is -0.459 e. The predicted octanol–water partition coefficient (Wildman–Crippen LogP) is 3.70. The molecule has 1 aromatic carbocycles. The van der Waals surface area contributed by atoms with E-state index in [-0.39, 0.29) is 11.9 Å². The second-order valence-electron chi connectivity index (χ2n) is 6.61. The van der Waals surface area contributed by atoms with Gasteiger partial charge in [-0.15, -0.1) is 0 Å². The highest BCUT2D eigenvalue weighted by Crippen LogP contribution is 2.29. The summed E-state index contributed by atoms with van der Waals surface area (Å²) in [5, 5.41) is 7.57. The Morgan fingerprint density at radius 1 is 1.35 bits per heavy atom. The smallest absolute Gasteiger partial charge is 0.220 e. The van der Waals surface area contributed by atoms with Crippen molar-refractivity contribution in [1.82, 2.24) is 10.6 Å². The first-order valence-corrected chi connectivity index (χ1v) is 8.63. The van der Waals surface area contributed by atoms with Crippen LogP contribution in [0.1, 0.15) is 50.0 Å². The molecule has 1 aliphatic heterocycles. The Hall–Kier alpha value is -1.81. The van der Waals surface area contributed by atoms with Crippen LogP contribution in [0, 0.1) is 12.8 Å². The van der Waals surface area contributed by atoms with Gasteiger partial charge in [-0.2, -0.15) is 0 Å². The summed E-state index contributed by atoms with van der Waals surface area (Å²) in [5.41, 5.74) is 2.00. The number of hydrogen-bond donors (Lipinski definition) is 2. The van der Waals surface area contributed by atoms with Gasteiger partial charge < -0.3 is 15.1 Å². The van der Waals surface area contributed by atoms with Crippen LogP contribution in [0.15, 0.2) is 28.7 Å². The Bertz CT molecular complexity index is 671. The topological polar surface area (TPSA) is 54.3 Å². The van der Waals surface area contributed by atoms with E-state index in [0.717, 1.165) is 41.8 Å². The van der Waals surface area contributed by atoms with Crippen molar-refractivity contribution < 1.29 is 9.21 Å². The highest BCUT2D eigenvalue weighted by Gasteiger charge is 2.19. The Labute approximate surface area is 137 Å². The number of fused-ring (bicyclic) bond motifs is 1. The van der Waals surface area contributed by atoms with Gasteiger partial charge in [-0.1, -0.05) is 18.2 Å². The second kappa shape index (κ2) is 7.18. The highest BCUT2D eigenvalue weighted by atomic mass is 16.3. The van der Waals surface area contributed by atoms with E-state index in [1.807, 2.05) is 25.1 Å². The van der Waals surface area contributed by atoms with E-state index in [0.29, 0.717) is 12.3 Å². The fourth-order valence-electron chi connectivity index (χ4n) is 3.49. The third-order valence-corrected chi connectivity index (χ3v) is 4.89. The highest BCUT2D eigenvalue weighted by molar-refractivity contribution is 5.82. The summed E-state index contributed by atoms with van der Waals surface area (Å²) in [5.74, 6) is 1.67. The van der Waals surface area contributed by atoms with Crippen LogP contribution in [0.25, 0.3) is 11.0 Å². The van der Waals surface area contributed by atoms with Gasteiger partial charge in [0.1, 0.15) is 11.3 Å². The second-order valence-corrected chi connectivity index (χ2v) is 6.61. The molecule has 23 heavy (non-hydrogen) atoms. The first kappa shape index (κ1) is 16.1. The van der Waals surface area contributed by atoms with Gasteiger partial charge in [0.25, 0.3) is 0 Å². The van der Waals surface area contributed by atoms with Gasteiger partial charge in [-0.05, 0) is 58.2 Å². The normalized spacial score (nSPS) is 17.3. The molecule has 4 nitrogen and oxygen atoms in total. The molecule has 4 heteroatoms. The van der Waals surface area contributed by atoms with Crippen LogP contribution in [0.5, 0.6) is 0 Å². The third kappa shape index (κ3) is 3.75. The van der Waals surface area contributed by atoms with E-state index >= 15 is 0 Å². The molecule has 0 radical (unpaired) electrons. The molecule has 1 aromatic heterocycles. The van der Waals surface area contributed by atoms with Gasteiger partial charge in [0, 0.05) is 17.4 Å². The van der Waals surface area contributed by atoms with Crippen molar-refractivity contribution in [3.05, 3.63) is 35.6 Å². The molecule has 2 N–H and O–H groups in total. The molecule has 1 saturated heterocycles. The van der Waals surface area contributed by atoms with Crippen molar-refractivity contribution in [2.75, 3.05) is 13.1 Å². The lowest BCUT2D eigenvalue weighted by Gasteiger charge is -2.22. The van der Waals surface area contributed by atoms with E-state index in [2.05, 4.69) is 23.6 Å². The van der Waals surface area contributed by atoms with Gasteiger partial charge in [0.05, 0.1) is 6.04 Å². The van der Waals surface area contributed by atoms with Crippen molar-refractivity contribution in [1.29, 1.82) is 0 Å². The molecule has 1 fully saturated rings. The molecule has 0 bridgehead atoms. The van der Waals surface area contributed by atoms with E-state index in [1.54, 1.807) is 0 Å². The SMILES string of the molecule is Cc1c(C(C)NC(=O)CCC2CCNCC2)oc2ccccc12. The minimum absolute atomic E-state index is 0.0945. The molecule has 2 aromatic rings. The van der Waals surface area contributed by atoms with Crippen LogP contribution in [-0.4, -0.2) is 19.0 Å². The van der Waals surface area contributed by atoms with Crippen molar-refractivity contribution >= 4 is 16.9 Å². The molecular formula is C19H26N2O2. The summed E-state index contributed by atoms with van der Waals surface area (Å²) in [6.45, 7) is 6.22. The van der Waals surface area contributed by atoms with Crippen LogP contribution in [0.2, 0.25) is 0 Å². The first-order chi connectivity index (χ1) is 11.1. The predicted molar refractivity (Wildman–Crippen MR) is 92.3 cm³/mol. The van der Waals surface area contributed by atoms with E-state index in [4.69, 9.17) is 4.42 Å². The van der Waals surface area contributed by atoms with Gasteiger partial charge >= 0.3 is 0 Å². The lowest BCUT2D eigenvalue weighted by molar-refractivity contribution is -0.122. The number of para-hydroxylation sites is 1. The largest absolute Gasteiger partial charge is 0.459 e. The number of carbonyl (C=O) groups excluding carboxylic acids is 1. The fourth-order valence-corrected chi connectivity index (χ4v) is 3.49. The average Bonchev–Trinajstić information content (AvgIpc) is 2.91. The van der Waals surface area contributed by atoms with E-state index < -0.39 is 0 Å². The van der Waals surface area contributed by atoms with Crippen LogP contribution in [0.4, 0.5) is 0 Å². The molecule has 1 aliphatic rings. The molecule has 3 rings (SSSR count). The third-order valence-electron chi connectivity index (χ3n) is 4.89. The first-order valence-electron chi connectivity index (χ1n) is 8.63. The quantitative estimate of drug-likeness (QED) is 0.885. The monoisotopic (exact) mass is 314 g/mol. The van der Waals surface area contributed by atoms with Gasteiger partial charge in [-0.3, -0.25) is 4.79 Å².